The molecule has 0 bridgehead atoms. The topological polar surface area (TPSA) is 83.1 Å². The quantitative estimate of drug-likeness (QED) is 0.662. The van der Waals surface area contributed by atoms with Gasteiger partial charge in [0.05, 0.1) is 4.47 Å². The Kier molecular flexibility index (Phi) is 9.27. The molecule has 1 saturated heterocycles. The van der Waals surface area contributed by atoms with Crippen LogP contribution in [0.1, 0.15) is 42.9 Å². The van der Waals surface area contributed by atoms with Gasteiger partial charge in [-0.05, 0) is 66.0 Å². The summed E-state index contributed by atoms with van der Waals surface area (Å²) in [6.07, 6.45) is 4.64. The lowest BCUT2D eigenvalue weighted by Crippen LogP contribution is -2.26. The van der Waals surface area contributed by atoms with E-state index in [1.54, 1.807) is 0 Å². The zero-order chi connectivity index (χ0) is 19.5. The number of carbonyl (C=O) groups is 1. The van der Waals surface area contributed by atoms with Crippen LogP contribution in [0.3, 0.4) is 0 Å². The average Bonchev–Trinajstić information content (AvgIpc) is 3.39. The number of rotatable bonds is 8. The van der Waals surface area contributed by atoms with E-state index in [1.165, 1.54) is 32.3 Å². The summed E-state index contributed by atoms with van der Waals surface area (Å²) in [4.78, 5) is 18.0. The van der Waals surface area contributed by atoms with Crippen LogP contribution in [-0.4, -0.2) is 58.8 Å². The maximum Gasteiger partial charge on any atom is 0.288 e. The first-order valence-corrected chi connectivity index (χ1v) is 10.3. The standard InChI is InChI=1S/C17H22BrN5O2.C2H6/c18-14-11-13(5-6-19-17(24)16-20-12-21-22-16)3-4-15(14)25-10-9-23-7-1-2-8-23;1-2/h3-4,11-12H,1-2,5-10H2,(H,19,24)(H,20,21,22);1-2H3. The molecule has 1 aliphatic heterocycles. The van der Waals surface area contributed by atoms with Gasteiger partial charge in [0, 0.05) is 13.1 Å². The first kappa shape index (κ1) is 21.4. The molecule has 3 rings (SSSR count). The highest BCUT2D eigenvalue weighted by Crippen LogP contribution is 2.26. The van der Waals surface area contributed by atoms with Gasteiger partial charge in [-0.1, -0.05) is 19.9 Å². The van der Waals surface area contributed by atoms with Crippen LogP contribution >= 0.6 is 15.9 Å². The van der Waals surface area contributed by atoms with Crippen molar-refractivity contribution in [2.75, 3.05) is 32.8 Å². The number of aromatic amines is 1. The molecular formula is C19H28BrN5O2. The van der Waals surface area contributed by atoms with Crippen molar-refractivity contribution in [3.63, 3.8) is 0 Å². The molecule has 148 valence electrons. The van der Waals surface area contributed by atoms with Gasteiger partial charge in [0.2, 0.25) is 5.82 Å². The molecule has 0 unspecified atom stereocenters. The molecule has 0 aliphatic carbocycles. The zero-order valence-corrected chi connectivity index (χ0v) is 17.6. The number of hydrogen-bond donors (Lipinski definition) is 2. The predicted octanol–water partition coefficient (Wildman–Crippen LogP) is 3.04. The largest absolute Gasteiger partial charge is 0.491 e. The van der Waals surface area contributed by atoms with Crippen LogP contribution in [0.4, 0.5) is 0 Å². The number of likely N-dealkylation sites (tertiary alicyclic amines) is 1. The van der Waals surface area contributed by atoms with Crippen molar-refractivity contribution in [3.05, 3.63) is 40.4 Å². The van der Waals surface area contributed by atoms with E-state index >= 15 is 0 Å². The second-order valence-corrected chi connectivity index (χ2v) is 6.86. The average molecular weight is 438 g/mol. The van der Waals surface area contributed by atoms with Crippen molar-refractivity contribution in [2.24, 2.45) is 0 Å². The molecule has 7 nitrogen and oxygen atoms in total. The molecule has 0 saturated carbocycles. The summed E-state index contributed by atoms with van der Waals surface area (Å²) in [6.45, 7) is 8.57. The third kappa shape index (κ3) is 6.95. The minimum Gasteiger partial charge on any atom is -0.491 e. The molecule has 1 aliphatic rings. The fourth-order valence-electron chi connectivity index (χ4n) is 2.83. The smallest absolute Gasteiger partial charge is 0.288 e. The van der Waals surface area contributed by atoms with Crippen LogP contribution in [0.2, 0.25) is 0 Å². The van der Waals surface area contributed by atoms with Crippen molar-refractivity contribution < 1.29 is 9.53 Å². The van der Waals surface area contributed by atoms with E-state index in [4.69, 9.17) is 4.74 Å². The van der Waals surface area contributed by atoms with Gasteiger partial charge in [-0.15, -0.1) is 0 Å². The number of nitrogens with zero attached hydrogens (tertiary/aromatic N) is 3. The van der Waals surface area contributed by atoms with Gasteiger partial charge in [-0.3, -0.25) is 14.8 Å². The van der Waals surface area contributed by atoms with E-state index in [9.17, 15) is 4.79 Å². The van der Waals surface area contributed by atoms with Crippen molar-refractivity contribution >= 4 is 21.8 Å². The highest BCUT2D eigenvalue weighted by atomic mass is 79.9. The maximum atomic E-state index is 11.8. The number of aromatic nitrogens is 3. The van der Waals surface area contributed by atoms with Crippen LogP contribution in [0.25, 0.3) is 0 Å². The Labute approximate surface area is 169 Å². The molecule has 1 amide bonds. The molecule has 0 radical (unpaired) electrons. The lowest BCUT2D eigenvalue weighted by atomic mass is 10.1. The number of ether oxygens (including phenoxy) is 1. The van der Waals surface area contributed by atoms with Crippen molar-refractivity contribution in [1.82, 2.24) is 25.4 Å². The Bertz CT molecular complexity index is 687. The predicted molar refractivity (Wildman–Crippen MR) is 109 cm³/mol. The third-order valence-corrected chi connectivity index (χ3v) is 4.81. The summed E-state index contributed by atoms with van der Waals surface area (Å²) in [6, 6.07) is 6.03. The van der Waals surface area contributed by atoms with E-state index in [0.717, 1.165) is 28.8 Å². The monoisotopic (exact) mass is 437 g/mol. The van der Waals surface area contributed by atoms with Gasteiger partial charge in [0.1, 0.15) is 18.7 Å². The van der Waals surface area contributed by atoms with Gasteiger partial charge in [-0.2, -0.15) is 5.10 Å². The molecule has 1 fully saturated rings. The number of carbonyl (C=O) groups excluding carboxylic acids is 1. The Balaban J connectivity index is 0.00000126. The Morgan fingerprint density at radius 2 is 2.11 bits per heavy atom. The van der Waals surface area contributed by atoms with Crippen molar-refractivity contribution in [3.8, 4) is 5.75 Å². The molecule has 0 spiro atoms. The van der Waals surface area contributed by atoms with E-state index in [2.05, 4.69) is 41.3 Å². The number of hydrogen-bond acceptors (Lipinski definition) is 5. The van der Waals surface area contributed by atoms with E-state index < -0.39 is 0 Å². The van der Waals surface area contributed by atoms with Gasteiger partial charge < -0.3 is 10.1 Å². The third-order valence-electron chi connectivity index (χ3n) is 4.19. The molecule has 0 atom stereocenters. The molecule has 2 heterocycles. The van der Waals surface area contributed by atoms with Crippen molar-refractivity contribution in [1.29, 1.82) is 0 Å². The summed E-state index contributed by atoms with van der Waals surface area (Å²) in [5.74, 6) is 0.829. The van der Waals surface area contributed by atoms with Crippen LogP contribution in [0.15, 0.2) is 29.0 Å². The fraction of sp³-hybridized carbons (Fsp3) is 0.526. The molecule has 2 aromatic rings. The number of H-pyrrole nitrogens is 1. The summed E-state index contributed by atoms with van der Waals surface area (Å²) >= 11 is 3.56. The van der Waals surface area contributed by atoms with Gasteiger partial charge in [0.25, 0.3) is 5.91 Å². The number of halogens is 1. The van der Waals surface area contributed by atoms with Crippen LogP contribution in [0, 0.1) is 0 Å². The van der Waals surface area contributed by atoms with Gasteiger partial charge in [-0.25, -0.2) is 4.98 Å². The molecular weight excluding hydrogens is 410 g/mol. The van der Waals surface area contributed by atoms with Crippen LogP contribution < -0.4 is 10.1 Å². The first-order chi connectivity index (χ1) is 13.2. The first-order valence-electron chi connectivity index (χ1n) is 9.49. The van der Waals surface area contributed by atoms with Crippen LogP contribution in [0.5, 0.6) is 5.75 Å². The molecule has 27 heavy (non-hydrogen) atoms. The summed E-state index contributed by atoms with van der Waals surface area (Å²) in [5, 5.41) is 9.01. The molecule has 8 heteroatoms. The molecule has 2 N–H and O–H groups in total. The molecule has 1 aromatic heterocycles. The summed E-state index contributed by atoms with van der Waals surface area (Å²) in [7, 11) is 0. The highest BCUT2D eigenvalue weighted by molar-refractivity contribution is 9.10. The number of nitrogens with one attached hydrogen (secondary N) is 2. The second kappa shape index (κ2) is 11.7. The van der Waals surface area contributed by atoms with Gasteiger partial charge >= 0.3 is 0 Å². The maximum absolute atomic E-state index is 11.8. The number of benzene rings is 1. The second-order valence-electron chi connectivity index (χ2n) is 6.00. The van der Waals surface area contributed by atoms with E-state index in [0.29, 0.717) is 13.2 Å². The fourth-order valence-corrected chi connectivity index (χ4v) is 3.37. The minimum atomic E-state index is -0.251. The lowest BCUT2D eigenvalue weighted by Gasteiger charge is -2.15. The Hall–Kier alpha value is -1.93. The van der Waals surface area contributed by atoms with Crippen LogP contribution in [-0.2, 0) is 6.42 Å². The van der Waals surface area contributed by atoms with Crippen molar-refractivity contribution in [2.45, 2.75) is 33.1 Å². The van der Waals surface area contributed by atoms with Gasteiger partial charge in [0.15, 0.2) is 0 Å². The Morgan fingerprint density at radius 3 is 2.78 bits per heavy atom. The normalized spacial score (nSPS) is 13.7. The van der Waals surface area contributed by atoms with E-state index in [-0.39, 0.29) is 11.7 Å². The van der Waals surface area contributed by atoms with E-state index in [1.807, 2.05) is 32.0 Å². The SMILES string of the molecule is CC.O=C(NCCc1ccc(OCCN2CCCC2)c(Br)c1)c1ncn[nH]1. The lowest BCUT2D eigenvalue weighted by molar-refractivity contribution is 0.0944. The summed E-state index contributed by atoms with van der Waals surface area (Å²) < 4.78 is 6.81. The summed E-state index contributed by atoms with van der Waals surface area (Å²) in [5.41, 5.74) is 1.12. The Morgan fingerprint density at radius 1 is 1.33 bits per heavy atom. The minimum absolute atomic E-state index is 0.225. The molecule has 1 aromatic carbocycles. The highest BCUT2D eigenvalue weighted by Gasteiger charge is 2.11. The number of amides is 1. The zero-order valence-electron chi connectivity index (χ0n) is 16.0.